The van der Waals surface area contributed by atoms with E-state index in [1.54, 1.807) is 6.07 Å². The predicted molar refractivity (Wildman–Crippen MR) is 74.2 cm³/mol. The van der Waals surface area contributed by atoms with Crippen LogP contribution >= 0.6 is 11.8 Å². The van der Waals surface area contributed by atoms with Crippen LogP contribution < -0.4 is 10.0 Å². The molecule has 0 saturated heterocycles. The normalized spacial score (nSPS) is 11.4. The Morgan fingerprint density at radius 3 is 2.65 bits per heavy atom. The van der Waals surface area contributed by atoms with Crippen molar-refractivity contribution in [2.24, 2.45) is 0 Å². The van der Waals surface area contributed by atoms with E-state index in [-0.39, 0.29) is 5.75 Å². The molecule has 96 valence electrons. The second-order valence-corrected chi connectivity index (χ2v) is 6.27. The minimum atomic E-state index is -3.24. The Bertz CT molecular complexity index is 447. The molecule has 1 aromatic carbocycles. The van der Waals surface area contributed by atoms with E-state index >= 15 is 0 Å². The molecule has 0 spiro atoms. The third-order valence-corrected chi connectivity index (χ3v) is 4.37. The van der Waals surface area contributed by atoms with E-state index in [0.29, 0.717) is 18.7 Å². The Labute approximate surface area is 107 Å². The zero-order valence-electron chi connectivity index (χ0n) is 10.1. The highest BCUT2D eigenvalue weighted by Gasteiger charge is 2.11. The van der Waals surface area contributed by atoms with E-state index in [9.17, 15) is 8.42 Å². The molecule has 2 N–H and O–H groups in total. The van der Waals surface area contributed by atoms with Crippen molar-refractivity contribution in [1.82, 2.24) is 5.32 Å². The Morgan fingerprint density at radius 1 is 1.29 bits per heavy atom. The summed E-state index contributed by atoms with van der Waals surface area (Å²) < 4.78 is 26.2. The zero-order valence-corrected chi connectivity index (χ0v) is 11.7. The number of hydrogen-bond acceptors (Lipinski definition) is 4. The minimum Gasteiger partial charge on any atom is -0.320 e. The molecule has 6 heteroatoms. The molecule has 0 aliphatic carbocycles. The molecule has 0 unspecified atom stereocenters. The molecule has 1 rings (SSSR count). The number of hydrogen-bond donors (Lipinski definition) is 2. The summed E-state index contributed by atoms with van der Waals surface area (Å²) in [6.45, 7) is 0.699. The van der Waals surface area contributed by atoms with Gasteiger partial charge in [-0.1, -0.05) is 12.1 Å². The average molecular weight is 274 g/mol. The molecule has 0 bridgehead atoms. The second-order valence-electron chi connectivity index (χ2n) is 3.58. The Morgan fingerprint density at radius 2 is 2.00 bits per heavy atom. The molecule has 0 fully saturated rings. The summed E-state index contributed by atoms with van der Waals surface area (Å²) in [4.78, 5) is 0.935. The number of para-hydroxylation sites is 1. The standard InChI is InChI=1S/C11H18N2O2S2/c1-12-8-5-9-17(14,15)13-10-6-3-4-7-11(10)16-2/h3-4,6-7,12-13H,5,8-9H2,1-2H3. The number of thioether (sulfide) groups is 1. The van der Waals surface area contributed by atoms with Crippen molar-refractivity contribution in [3.63, 3.8) is 0 Å². The van der Waals surface area contributed by atoms with Crippen molar-refractivity contribution in [2.75, 3.05) is 30.3 Å². The Hall–Kier alpha value is -0.720. The first-order valence-corrected chi connectivity index (χ1v) is 8.25. The third-order valence-electron chi connectivity index (χ3n) is 2.21. The van der Waals surface area contributed by atoms with Gasteiger partial charge in [-0.05, 0) is 38.4 Å². The fourth-order valence-corrected chi connectivity index (χ4v) is 3.14. The highest BCUT2D eigenvalue weighted by Crippen LogP contribution is 2.25. The van der Waals surface area contributed by atoms with Crippen molar-refractivity contribution in [3.8, 4) is 0 Å². The summed E-state index contributed by atoms with van der Waals surface area (Å²) in [7, 11) is -1.43. The van der Waals surface area contributed by atoms with Gasteiger partial charge in [0.1, 0.15) is 0 Å². The van der Waals surface area contributed by atoms with Crippen LogP contribution in [0.25, 0.3) is 0 Å². The summed E-state index contributed by atoms with van der Waals surface area (Å²) in [5.41, 5.74) is 0.657. The second kappa shape index (κ2) is 6.88. The molecule has 4 nitrogen and oxygen atoms in total. The fraction of sp³-hybridized carbons (Fsp3) is 0.455. The lowest BCUT2D eigenvalue weighted by atomic mass is 10.3. The molecular formula is C11H18N2O2S2. The first-order chi connectivity index (χ1) is 8.09. The van der Waals surface area contributed by atoms with Crippen molar-refractivity contribution >= 4 is 27.5 Å². The third kappa shape index (κ3) is 4.97. The number of benzene rings is 1. The molecule has 17 heavy (non-hydrogen) atoms. The van der Waals surface area contributed by atoms with E-state index < -0.39 is 10.0 Å². The van der Waals surface area contributed by atoms with Crippen molar-refractivity contribution in [3.05, 3.63) is 24.3 Å². The van der Waals surface area contributed by atoms with Crippen LogP contribution in [0.5, 0.6) is 0 Å². The molecular weight excluding hydrogens is 256 g/mol. The van der Waals surface area contributed by atoms with Gasteiger partial charge in [0.25, 0.3) is 0 Å². The lowest BCUT2D eigenvalue weighted by molar-refractivity contribution is 0.597. The first kappa shape index (κ1) is 14.3. The van der Waals surface area contributed by atoms with Gasteiger partial charge >= 0.3 is 0 Å². The van der Waals surface area contributed by atoms with Crippen molar-refractivity contribution < 1.29 is 8.42 Å². The van der Waals surface area contributed by atoms with Crippen LogP contribution in [0.3, 0.4) is 0 Å². The van der Waals surface area contributed by atoms with Crippen LogP contribution in [0, 0.1) is 0 Å². The lowest BCUT2D eigenvalue weighted by Gasteiger charge is -2.10. The summed E-state index contributed by atoms with van der Waals surface area (Å²) in [6, 6.07) is 7.40. The number of nitrogens with one attached hydrogen (secondary N) is 2. The van der Waals surface area contributed by atoms with E-state index in [2.05, 4.69) is 10.0 Å². The van der Waals surface area contributed by atoms with Gasteiger partial charge in [-0.15, -0.1) is 11.8 Å². The van der Waals surface area contributed by atoms with Gasteiger partial charge in [0.2, 0.25) is 10.0 Å². The first-order valence-electron chi connectivity index (χ1n) is 5.37. The van der Waals surface area contributed by atoms with Crippen molar-refractivity contribution in [2.45, 2.75) is 11.3 Å². The van der Waals surface area contributed by atoms with Crippen LogP contribution in [-0.2, 0) is 10.0 Å². The molecule has 0 aromatic heterocycles. The maximum absolute atomic E-state index is 11.8. The lowest BCUT2D eigenvalue weighted by Crippen LogP contribution is -2.20. The Balaban J connectivity index is 2.69. The molecule has 0 aliphatic heterocycles. The van der Waals surface area contributed by atoms with E-state index in [1.807, 2.05) is 31.5 Å². The van der Waals surface area contributed by atoms with E-state index in [1.165, 1.54) is 11.8 Å². The zero-order chi connectivity index (χ0) is 12.7. The summed E-state index contributed by atoms with van der Waals surface area (Å²) in [6.07, 6.45) is 2.53. The predicted octanol–water partition coefficient (Wildman–Crippen LogP) is 1.76. The van der Waals surface area contributed by atoms with Crippen LogP contribution in [0.4, 0.5) is 5.69 Å². The van der Waals surface area contributed by atoms with Gasteiger partial charge in [0.15, 0.2) is 0 Å². The van der Waals surface area contributed by atoms with Gasteiger partial charge in [0, 0.05) is 4.90 Å². The van der Waals surface area contributed by atoms with Gasteiger partial charge < -0.3 is 5.32 Å². The number of anilines is 1. The topological polar surface area (TPSA) is 58.2 Å². The average Bonchev–Trinajstić information content (AvgIpc) is 2.29. The molecule has 0 amide bonds. The minimum absolute atomic E-state index is 0.135. The van der Waals surface area contributed by atoms with Crippen LogP contribution in [0.2, 0.25) is 0 Å². The summed E-state index contributed by atoms with van der Waals surface area (Å²) in [5, 5.41) is 2.93. The summed E-state index contributed by atoms with van der Waals surface area (Å²) >= 11 is 1.53. The summed E-state index contributed by atoms with van der Waals surface area (Å²) in [5.74, 6) is 0.135. The monoisotopic (exact) mass is 274 g/mol. The Kier molecular flexibility index (Phi) is 5.80. The number of sulfonamides is 1. The van der Waals surface area contributed by atoms with Crippen LogP contribution in [0.1, 0.15) is 6.42 Å². The maximum Gasteiger partial charge on any atom is 0.232 e. The van der Waals surface area contributed by atoms with Crippen molar-refractivity contribution in [1.29, 1.82) is 0 Å². The number of rotatable bonds is 7. The molecule has 0 heterocycles. The smallest absolute Gasteiger partial charge is 0.232 e. The van der Waals surface area contributed by atoms with Gasteiger partial charge in [0.05, 0.1) is 11.4 Å². The molecule has 0 radical (unpaired) electrons. The molecule has 0 saturated carbocycles. The van der Waals surface area contributed by atoms with Crippen LogP contribution in [0.15, 0.2) is 29.2 Å². The highest BCUT2D eigenvalue weighted by molar-refractivity contribution is 7.99. The molecule has 1 aromatic rings. The molecule has 0 aliphatic rings. The quantitative estimate of drug-likeness (QED) is 0.587. The van der Waals surface area contributed by atoms with E-state index in [4.69, 9.17) is 0 Å². The van der Waals surface area contributed by atoms with E-state index in [0.717, 1.165) is 4.90 Å². The van der Waals surface area contributed by atoms with Gasteiger partial charge in [-0.2, -0.15) is 0 Å². The maximum atomic E-state index is 11.8. The van der Waals surface area contributed by atoms with Gasteiger partial charge in [-0.25, -0.2) is 8.42 Å². The molecule has 0 atom stereocenters. The highest BCUT2D eigenvalue weighted by atomic mass is 32.2. The SMILES string of the molecule is CNCCCS(=O)(=O)Nc1ccccc1SC. The fourth-order valence-electron chi connectivity index (χ4n) is 1.39. The largest absolute Gasteiger partial charge is 0.320 e. The van der Waals surface area contributed by atoms with Crippen LogP contribution in [-0.4, -0.2) is 34.0 Å². The van der Waals surface area contributed by atoms with Gasteiger partial charge in [-0.3, -0.25) is 4.72 Å².